The fourth-order valence-electron chi connectivity index (χ4n) is 0.760. The first kappa shape index (κ1) is 8.35. The van der Waals surface area contributed by atoms with Crippen LogP contribution < -0.4 is 10.3 Å². The molecule has 0 aliphatic heterocycles. The molecular formula is C8H12NOP. The van der Waals surface area contributed by atoms with E-state index in [1.54, 1.807) is 0 Å². The molecule has 0 saturated carbocycles. The average Bonchev–Trinajstić information content (AvgIpc) is 1.93. The van der Waals surface area contributed by atoms with Crippen LogP contribution in [0.15, 0.2) is 24.3 Å². The van der Waals surface area contributed by atoms with Gasteiger partial charge in [-0.1, -0.05) is 12.1 Å². The van der Waals surface area contributed by atoms with Gasteiger partial charge in [-0.15, -0.1) is 0 Å². The number of nitrogen functional groups attached to an aromatic ring is 1. The number of anilines is 1. The zero-order chi connectivity index (χ0) is 8.27. The first-order valence-electron chi connectivity index (χ1n) is 3.40. The predicted octanol–water partition coefficient (Wildman–Crippen LogP) is 2.30. The predicted molar refractivity (Wildman–Crippen MR) is 50.3 cm³/mol. The van der Waals surface area contributed by atoms with Crippen LogP contribution in [0.5, 0.6) is 5.75 Å². The maximum absolute atomic E-state index is 5.65. The molecule has 0 fully saturated rings. The van der Waals surface area contributed by atoms with Crippen molar-refractivity contribution in [3.05, 3.63) is 24.3 Å². The number of nitrogens with two attached hydrogens (primary N) is 1. The molecule has 11 heavy (non-hydrogen) atoms. The van der Waals surface area contributed by atoms with Gasteiger partial charge in [0.2, 0.25) is 0 Å². The normalized spacial score (nSPS) is 10.1. The first-order chi connectivity index (χ1) is 5.20. The lowest BCUT2D eigenvalue weighted by Crippen LogP contribution is -1.90. The third-order valence-electron chi connectivity index (χ3n) is 1.20. The molecule has 1 rings (SSSR count). The molecule has 0 aliphatic carbocycles. The van der Waals surface area contributed by atoms with E-state index in [-0.39, 0.29) is 8.15 Å². The van der Waals surface area contributed by atoms with Crippen LogP contribution in [0.4, 0.5) is 5.69 Å². The molecule has 0 heterocycles. The minimum atomic E-state index is -0.373. The molecule has 0 amide bonds. The topological polar surface area (TPSA) is 35.2 Å². The summed E-state index contributed by atoms with van der Waals surface area (Å²) in [6, 6.07) is 7.55. The van der Waals surface area contributed by atoms with Crippen LogP contribution in [-0.2, 0) is 0 Å². The van der Waals surface area contributed by atoms with Crippen LogP contribution in [-0.4, -0.2) is 13.3 Å². The van der Waals surface area contributed by atoms with E-state index in [2.05, 4.69) is 0 Å². The monoisotopic (exact) mass is 169 g/mol. The molecular weight excluding hydrogens is 157 g/mol. The summed E-state index contributed by atoms with van der Waals surface area (Å²) in [5.74, 6) is 0.795. The number of hydrogen-bond acceptors (Lipinski definition) is 2. The zero-order valence-electron chi connectivity index (χ0n) is 6.74. The van der Waals surface area contributed by atoms with Crippen molar-refractivity contribution in [1.82, 2.24) is 0 Å². The van der Waals surface area contributed by atoms with E-state index >= 15 is 0 Å². The minimum Gasteiger partial charge on any atom is -0.472 e. The van der Waals surface area contributed by atoms with Gasteiger partial charge in [-0.2, -0.15) is 0 Å². The van der Waals surface area contributed by atoms with Gasteiger partial charge in [0.15, 0.2) is 0 Å². The number of para-hydroxylation sites is 2. The summed E-state index contributed by atoms with van der Waals surface area (Å²) < 4.78 is 5.48. The van der Waals surface area contributed by atoms with E-state index in [1.165, 1.54) is 0 Å². The standard InChI is InChI=1S/C8H12NOP/c1-11(2)10-8-6-4-3-5-7(8)9/h3-6H,9H2,1-2H3. The Morgan fingerprint density at radius 1 is 1.27 bits per heavy atom. The van der Waals surface area contributed by atoms with Gasteiger partial charge in [0.1, 0.15) is 5.75 Å². The Labute approximate surface area is 68.2 Å². The fraction of sp³-hybridized carbons (Fsp3) is 0.250. The minimum absolute atomic E-state index is 0.373. The van der Waals surface area contributed by atoms with Crippen molar-refractivity contribution in [2.75, 3.05) is 19.1 Å². The summed E-state index contributed by atoms with van der Waals surface area (Å²) in [6.07, 6.45) is 0. The second-order valence-corrected chi connectivity index (χ2v) is 4.25. The van der Waals surface area contributed by atoms with Crippen molar-refractivity contribution in [3.63, 3.8) is 0 Å². The van der Waals surface area contributed by atoms with Crippen LogP contribution in [0, 0.1) is 0 Å². The Morgan fingerprint density at radius 3 is 2.45 bits per heavy atom. The summed E-state index contributed by atoms with van der Waals surface area (Å²) in [5.41, 5.74) is 6.37. The highest BCUT2D eigenvalue weighted by Crippen LogP contribution is 2.33. The molecule has 0 saturated heterocycles. The molecule has 0 aliphatic rings. The molecule has 0 radical (unpaired) electrons. The largest absolute Gasteiger partial charge is 0.472 e. The Bertz CT molecular complexity index is 237. The molecule has 0 aromatic heterocycles. The molecule has 0 unspecified atom stereocenters. The number of hydrogen-bond donors (Lipinski definition) is 1. The van der Waals surface area contributed by atoms with Gasteiger partial charge in [0.05, 0.1) is 13.8 Å². The van der Waals surface area contributed by atoms with Gasteiger partial charge in [0.25, 0.3) is 0 Å². The van der Waals surface area contributed by atoms with Crippen LogP contribution in [0.1, 0.15) is 0 Å². The van der Waals surface area contributed by atoms with Crippen LogP contribution in [0.25, 0.3) is 0 Å². The fourth-order valence-corrected chi connectivity index (χ4v) is 1.32. The van der Waals surface area contributed by atoms with Gasteiger partial charge in [-0.05, 0) is 25.5 Å². The Kier molecular flexibility index (Phi) is 2.72. The van der Waals surface area contributed by atoms with Crippen molar-refractivity contribution in [1.29, 1.82) is 0 Å². The highest BCUT2D eigenvalue weighted by Gasteiger charge is 1.99. The Hall–Kier alpha value is -0.750. The smallest absolute Gasteiger partial charge is 0.146 e. The first-order valence-corrected chi connectivity index (χ1v) is 5.55. The van der Waals surface area contributed by atoms with Crippen molar-refractivity contribution < 1.29 is 4.52 Å². The lowest BCUT2D eigenvalue weighted by molar-refractivity contribution is 0.626. The lowest BCUT2D eigenvalue weighted by Gasteiger charge is -2.10. The maximum Gasteiger partial charge on any atom is 0.146 e. The molecule has 1 aromatic carbocycles. The van der Waals surface area contributed by atoms with Crippen LogP contribution in [0.2, 0.25) is 0 Å². The van der Waals surface area contributed by atoms with Crippen LogP contribution in [0.3, 0.4) is 0 Å². The second kappa shape index (κ2) is 3.59. The quantitative estimate of drug-likeness (QED) is 0.544. The van der Waals surface area contributed by atoms with Gasteiger partial charge >= 0.3 is 0 Å². The third kappa shape index (κ3) is 2.39. The molecule has 3 heteroatoms. The maximum atomic E-state index is 5.65. The van der Waals surface area contributed by atoms with Crippen molar-refractivity contribution in [3.8, 4) is 5.75 Å². The number of rotatable bonds is 2. The Balaban J connectivity index is 2.78. The highest BCUT2D eigenvalue weighted by molar-refractivity contribution is 7.51. The van der Waals surface area contributed by atoms with Gasteiger partial charge in [-0.25, -0.2) is 0 Å². The molecule has 0 atom stereocenters. The van der Waals surface area contributed by atoms with Crippen molar-refractivity contribution in [2.24, 2.45) is 0 Å². The highest BCUT2D eigenvalue weighted by atomic mass is 31.1. The summed E-state index contributed by atoms with van der Waals surface area (Å²) in [4.78, 5) is 0. The molecule has 60 valence electrons. The van der Waals surface area contributed by atoms with E-state index in [1.807, 2.05) is 37.6 Å². The second-order valence-electron chi connectivity index (χ2n) is 2.44. The van der Waals surface area contributed by atoms with E-state index < -0.39 is 0 Å². The molecule has 2 N–H and O–H groups in total. The molecule has 1 aromatic rings. The van der Waals surface area contributed by atoms with E-state index in [9.17, 15) is 0 Å². The van der Waals surface area contributed by atoms with Gasteiger partial charge in [-0.3, -0.25) is 0 Å². The lowest BCUT2D eigenvalue weighted by atomic mass is 10.3. The molecule has 0 bridgehead atoms. The summed E-state index contributed by atoms with van der Waals surface area (Å²) in [6.45, 7) is 4.09. The van der Waals surface area contributed by atoms with Crippen molar-refractivity contribution >= 4 is 13.8 Å². The summed E-state index contributed by atoms with van der Waals surface area (Å²) in [5, 5.41) is 0. The zero-order valence-corrected chi connectivity index (χ0v) is 7.64. The average molecular weight is 169 g/mol. The summed E-state index contributed by atoms with van der Waals surface area (Å²) >= 11 is 0. The molecule has 0 spiro atoms. The van der Waals surface area contributed by atoms with Crippen LogP contribution >= 0.6 is 8.15 Å². The SMILES string of the molecule is CP(C)Oc1ccccc1N. The Morgan fingerprint density at radius 2 is 1.91 bits per heavy atom. The summed E-state index contributed by atoms with van der Waals surface area (Å²) in [7, 11) is -0.373. The van der Waals surface area contributed by atoms with E-state index in [4.69, 9.17) is 10.3 Å². The van der Waals surface area contributed by atoms with Gasteiger partial charge < -0.3 is 10.3 Å². The van der Waals surface area contributed by atoms with Crippen molar-refractivity contribution in [2.45, 2.75) is 0 Å². The third-order valence-corrected chi connectivity index (χ3v) is 1.76. The van der Waals surface area contributed by atoms with Gasteiger partial charge in [0, 0.05) is 0 Å². The molecule has 2 nitrogen and oxygen atoms in total. The van der Waals surface area contributed by atoms with E-state index in [0.717, 1.165) is 5.75 Å². The number of benzene rings is 1. The van der Waals surface area contributed by atoms with E-state index in [0.29, 0.717) is 5.69 Å².